The van der Waals surface area contributed by atoms with Gasteiger partial charge in [-0.1, -0.05) is 20.8 Å². The predicted molar refractivity (Wildman–Crippen MR) is 54.2 cm³/mol. The molecular weight excluding hydrogens is 160 g/mol. The van der Waals surface area contributed by atoms with Crippen molar-refractivity contribution in [2.75, 3.05) is 19.6 Å². The van der Waals surface area contributed by atoms with E-state index in [0.29, 0.717) is 11.8 Å². The van der Waals surface area contributed by atoms with Gasteiger partial charge in [0.2, 0.25) is 0 Å². The van der Waals surface area contributed by atoms with Crippen molar-refractivity contribution in [2.24, 2.45) is 11.3 Å². The molecule has 0 bridgehead atoms. The first kappa shape index (κ1) is 10.5. The molecule has 1 atom stereocenters. The van der Waals surface area contributed by atoms with E-state index in [-0.39, 0.29) is 0 Å². The van der Waals surface area contributed by atoms with Crippen molar-refractivity contribution in [3.8, 4) is 6.07 Å². The molecule has 0 amide bonds. The molecule has 1 fully saturated rings. The lowest BCUT2D eigenvalue weighted by molar-refractivity contribution is 0.0664. The first-order valence-electron chi connectivity index (χ1n) is 5.15. The molecule has 0 aliphatic carbocycles. The SMILES string of the molecule is CC1CCN(CCC#N)CC1(C)C. The first-order valence-corrected chi connectivity index (χ1v) is 5.15. The Morgan fingerprint density at radius 3 is 2.77 bits per heavy atom. The molecule has 0 aromatic heterocycles. The lowest BCUT2D eigenvalue weighted by atomic mass is 9.75. The fourth-order valence-electron chi connectivity index (χ4n) is 1.98. The van der Waals surface area contributed by atoms with Crippen LogP contribution in [0.4, 0.5) is 0 Å². The van der Waals surface area contributed by atoms with E-state index in [0.717, 1.165) is 19.0 Å². The van der Waals surface area contributed by atoms with Crippen LogP contribution in [0.1, 0.15) is 33.6 Å². The Morgan fingerprint density at radius 2 is 2.23 bits per heavy atom. The van der Waals surface area contributed by atoms with Crippen LogP contribution in [0.3, 0.4) is 0 Å². The van der Waals surface area contributed by atoms with Crippen LogP contribution in [0.15, 0.2) is 0 Å². The Bertz CT molecular complexity index is 203. The molecule has 2 heteroatoms. The largest absolute Gasteiger partial charge is 0.302 e. The quantitative estimate of drug-likeness (QED) is 0.652. The highest BCUT2D eigenvalue weighted by Gasteiger charge is 2.32. The van der Waals surface area contributed by atoms with Crippen LogP contribution < -0.4 is 0 Å². The summed E-state index contributed by atoms with van der Waals surface area (Å²) < 4.78 is 0. The smallest absolute Gasteiger partial charge is 0.0635 e. The molecule has 1 unspecified atom stereocenters. The fourth-order valence-corrected chi connectivity index (χ4v) is 1.98. The molecule has 1 rings (SSSR count). The number of piperidine rings is 1. The highest BCUT2D eigenvalue weighted by atomic mass is 15.1. The van der Waals surface area contributed by atoms with Crippen molar-refractivity contribution in [1.82, 2.24) is 4.90 Å². The minimum atomic E-state index is 0.424. The maximum atomic E-state index is 8.50. The van der Waals surface area contributed by atoms with E-state index in [1.807, 2.05) is 0 Å². The Hall–Kier alpha value is -0.550. The van der Waals surface area contributed by atoms with Gasteiger partial charge in [-0.15, -0.1) is 0 Å². The van der Waals surface area contributed by atoms with Gasteiger partial charge in [0.25, 0.3) is 0 Å². The summed E-state index contributed by atoms with van der Waals surface area (Å²) in [4.78, 5) is 2.42. The molecule has 0 saturated carbocycles. The van der Waals surface area contributed by atoms with Crippen LogP contribution in [-0.4, -0.2) is 24.5 Å². The normalized spacial score (nSPS) is 28.3. The number of likely N-dealkylation sites (tertiary alicyclic amines) is 1. The number of rotatable bonds is 2. The predicted octanol–water partition coefficient (Wildman–Crippen LogP) is 2.27. The summed E-state index contributed by atoms with van der Waals surface area (Å²) in [5.74, 6) is 0.811. The van der Waals surface area contributed by atoms with Gasteiger partial charge in [-0.3, -0.25) is 0 Å². The third-order valence-corrected chi connectivity index (χ3v) is 3.38. The van der Waals surface area contributed by atoms with E-state index < -0.39 is 0 Å². The Morgan fingerprint density at radius 1 is 1.54 bits per heavy atom. The second-order valence-electron chi connectivity index (χ2n) is 4.86. The van der Waals surface area contributed by atoms with Crippen LogP contribution in [0.2, 0.25) is 0 Å². The average molecular weight is 180 g/mol. The number of nitriles is 1. The molecule has 0 aromatic carbocycles. The van der Waals surface area contributed by atoms with Crippen molar-refractivity contribution in [1.29, 1.82) is 5.26 Å². The summed E-state index contributed by atoms with van der Waals surface area (Å²) in [5.41, 5.74) is 0.424. The second kappa shape index (κ2) is 4.11. The zero-order chi connectivity index (χ0) is 9.90. The monoisotopic (exact) mass is 180 g/mol. The summed E-state index contributed by atoms with van der Waals surface area (Å²) in [6.45, 7) is 10.3. The summed E-state index contributed by atoms with van der Waals surface area (Å²) in [6.07, 6.45) is 1.95. The van der Waals surface area contributed by atoms with Gasteiger partial charge in [-0.2, -0.15) is 5.26 Å². The van der Waals surface area contributed by atoms with Gasteiger partial charge in [-0.25, -0.2) is 0 Å². The molecule has 0 spiro atoms. The van der Waals surface area contributed by atoms with E-state index in [2.05, 4.69) is 31.7 Å². The zero-order valence-electron chi connectivity index (χ0n) is 9.01. The molecule has 1 heterocycles. The molecular formula is C11H20N2. The van der Waals surface area contributed by atoms with Gasteiger partial charge < -0.3 is 4.90 Å². The van der Waals surface area contributed by atoms with Crippen LogP contribution in [0.25, 0.3) is 0 Å². The van der Waals surface area contributed by atoms with Crippen LogP contribution >= 0.6 is 0 Å². The third kappa shape index (κ3) is 2.70. The van der Waals surface area contributed by atoms with Gasteiger partial charge in [0, 0.05) is 19.5 Å². The summed E-state index contributed by atoms with van der Waals surface area (Å²) in [7, 11) is 0. The standard InChI is InChI=1S/C11H20N2/c1-10-5-8-13(7-4-6-12)9-11(10,2)3/h10H,4-5,7-9H2,1-3H3. The molecule has 1 aliphatic heterocycles. The van der Waals surface area contributed by atoms with E-state index in [4.69, 9.17) is 5.26 Å². The highest BCUT2D eigenvalue weighted by molar-refractivity contribution is 4.86. The fraction of sp³-hybridized carbons (Fsp3) is 0.909. The van der Waals surface area contributed by atoms with Gasteiger partial charge in [0.1, 0.15) is 0 Å². The summed E-state index contributed by atoms with van der Waals surface area (Å²) in [6, 6.07) is 2.21. The zero-order valence-corrected chi connectivity index (χ0v) is 9.01. The topological polar surface area (TPSA) is 27.0 Å². The maximum absolute atomic E-state index is 8.50. The van der Waals surface area contributed by atoms with Crippen molar-refractivity contribution in [3.63, 3.8) is 0 Å². The molecule has 13 heavy (non-hydrogen) atoms. The molecule has 0 aromatic rings. The van der Waals surface area contributed by atoms with Gasteiger partial charge in [0.05, 0.1) is 6.07 Å². The Balaban J connectivity index is 2.42. The van der Waals surface area contributed by atoms with Crippen LogP contribution in [0, 0.1) is 22.7 Å². The molecule has 0 N–H and O–H groups in total. The Kier molecular flexibility index (Phi) is 3.33. The van der Waals surface area contributed by atoms with E-state index in [1.165, 1.54) is 13.0 Å². The second-order valence-corrected chi connectivity index (χ2v) is 4.86. The van der Waals surface area contributed by atoms with Crippen LogP contribution in [-0.2, 0) is 0 Å². The maximum Gasteiger partial charge on any atom is 0.0635 e. The van der Waals surface area contributed by atoms with Crippen molar-refractivity contribution in [2.45, 2.75) is 33.6 Å². The number of hydrogen-bond acceptors (Lipinski definition) is 2. The average Bonchev–Trinajstić information content (AvgIpc) is 2.07. The van der Waals surface area contributed by atoms with Gasteiger partial charge >= 0.3 is 0 Å². The molecule has 1 saturated heterocycles. The minimum absolute atomic E-state index is 0.424. The van der Waals surface area contributed by atoms with Crippen LogP contribution in [0.5, 0.6) is 0 Å². The van der Waals surface area contributed by atoms with E-state index >= 15 is 0 Å². The first-order chi connectivity index (χ1) is 6.06. The van der Waals surface area contributed by atoms with E-state index in [1.54, 1.807) is 0 Å². The van der Waals surface area contributed by atoms with Crippen molar-refractivity contribution < 1.29 is 0 Å². The molecule has 2 nitrogen and oxygen atoms in total. The van der Waals surface area contributed by atoms with Crippen molar-refractivity contribution >= 4 is 0 Å². The molecule has 74 valence electrons. The Labute approximate surface area is 81.5 Å². The van der Waals surface area contributed by atoms with Crippen molar-refractivity contribution in [3.05, 3.63) is 0 Å². The summed E-state index contributed by atoms with van der Waals surface area (Å²) in [5, 5.41) is 8.50. The van der Waals surface area contributed by atoms with Gasteiger partial charge in [-0.05, 0) is 24.3 Å². The van der Waals surface area contributed by atoms with E-state index in [9.17, 15) is 0 Å². The van der Waals surface area contributed by atoms with Gasteiger partial charge in [0.15, 0.2) is 0 Å². The number of hydrogen-bond donors (Lipinski definition) is 0. The molecule has 1 aliphatic rings. The third-order valence-electron chi connectivity index (χ3n) is 3.38. The molecule has 0 radical (unpaired) electrons. The number of nitrogens with zero attached hydrogens (tertiary/aromatic N) is 2. The highest BCUT2D eigenvalue weighted by Crippen LogP contribution is 2.34. The lowest BCUT2D eigenvalue weighted by Crippen LogP contribution is -2.44. The lowest BCUT2D eigenvalue weighted by Gasteiger charge is -2.42. The minimum Gasteiger partial charge on any atom is -0.302 e. The summed E-state index contributed by atoms with van der Waals surface area (Å²) >= 11 is 0.